The van der Waals surface area contributed by atoms with E-state index in [1.165, 1.54) is 69.9 Å². The van der Waals surface area contributed by atoms with Gasteiger partial charge in [-0.05, 0) is 66.9 Å². The first kappa shape index (κ1) is 60.1. The second kappa shape index (κ2) is 33.8. The molecule has 12 rings (SSSR count). The Morgan fingerprint density at radius 3 is 0.901 bits per heavy atom. The Morgan fingerprint density at radius 2 is 0.654 bits per heavy atom. The maximum atomic E-state index is 4.95. The molecule has 0 spiro atoms. The van der Waals surface area contributed by atoms with Gasteiger partial charge in [-0.15, -0.1) is 10.2 Å². The number of hydrogen-bond acceptors (Lipinski definition) is 18. The summed E-state index contributed by atoms with van der Waals surface area (Å²) in [7, 11) is 0. The van der Waals surface area contributed by atoms with Crippen LogP contribution in [0.5, 0.6) is 0 Å². The molecular weight excluding hydrogens is 1100 g/mol. The molecule has 0 atom stereocenters. The molecule has 0 N–H and O–H groups in total. The average molecular weight is 1160 g/mol. The highest BCUT2D eigenvalue weighted by atomic mass is 32.1. The molecule has 0 radical (unpaired) electrons. The van der Waals surface area contributed by atoms with Crippen molar-refractivity contribution in [3.8, 4) is 64.9 Å². The van der Waals surface area contributed by atoms with Crippen LogP contribution in [0.2, 0.25) is 0 Å². The molecular formula is C57H66N18O2S4+6. The predicted octanol–water partition coefficient (Wildman–Crippen LogP) is 9.31. The van der Waals surface area contributed by atoms with Crippen molar-refractivity contribution in [2.24, 2.45) is 0 Å². The minimum Gasteiger partial charge on any atom is -0.334 e. The zero-order chi connectivity index (χ0) is 56.7. The SMILES string of the molecule is CCC[n+]1ccc(-c2cnns2)cc1.CCC[n+]1ccc(-c2ncno2)cc1.CCC[n+]1ccc(-c2ncns2)cc1.CC[n+]1ccc(-c2cnns2)cc1.CC[n+]1ccc(-c2ncno2)cc1.CC[n+]1ccc(-c2ncns2)cc1. The molecule has 0 aliphatic carbocycles. The number of aromatic nitrogens is 18. The third-order valence-corrected chi connectivity index (χ3v) is 14.5. The Hall–Kier alpha value is -8.58. The van der Waals surface area contributed by atoms with Crippen LogP contribution in [0.15, 0.2) is 194 Å². The van der Waals surface area contributed by atoms with Crippen molar-refractivity contribution in [1.82, 2.24) is 58.2 Å². The summed E-state index contributed by atoms with van der Waals surface area (Å²) in [5, 5.41) is 16.7. The van der Waals surface area contributed by atoms with Crippen LogP contribution in [0.1, 0.15) is 60.8 Å². The van der Waals surface area contributed by atoms with Crippen molar-refractivity contribution in [2.75, 3.05) is 0 Å². The lowest BCUT2D eigenvalue weighted by Gasteiger charge is -1.95. The van der Waals surface area contributed by atoms with E-state index in [9.17, 15) is 0 Å². The van der Waals surface area contributed by atoms with Crippen molar-refractivity contribution in [3.05, 3.63) is 185 Å². The monoisotopic (exact) mass is 1160 g/mol. The largest absolute Gasteiger partial charge is 0.334 e. The highest BCUT2D eigenvalue weighted by Gasteiger charge is 2.09. The van der Waals surface area contributed by atoms with E-state index in [-0.39, 0.29) is 0 Å². The van der Waals surface area contributed by atoms with Crippen LogP contribution in [0, 0.1) is 0 Å². The first-order valence-corrected chi connectivity index (χ1v) is 29.6. The van der Waals surface area contributed by atoms with Gasteiger partial charge in [-0.2, -0.15) is 18.7 Å². The summed E-state index contributed by atoms with van der Waals surface area (Å²) >= 11 is 5.69. The number of pyridine rings is 6. The molecule has 0 amide bonds. The van der Waals surface area contributed by atoms with Crippen molar-refractivity contribution in [2.45, 2.75) is 100 Å². The number of hydrogen-bond donors (Lipinski definition) is 0. The van der Waals surface area contributed by atoms with Crippen LogP contribution in [-0.2, 0) is 39.3 Å². The van der Waals surface area contributed by atoms with Crippen LogP contribution >= 0.6 is 46.1 Å². The lowest BCUT2D eigenvalue weighted by atomic mass is 10.2. The maximum absolute atomic E-state index is 4.95. The van der Waals surface area contributed by atoms with E-state index in [1.807, 2.05) is 49.1 Å². The van der Waals surface area contributed by atoms with Gasteiger partial charge >= 0.3 is 0 Å². The molecule has 0 saturated heterocycles. The van der Waals surface area contributed by atoms with E-state index in [1.54, 1.807) is 25.0 Å². The first-order valence-electron chi connectivity index (χ1n) is 26.5. The molecule has 0 aliphatic heterocycles. The number of nitrogens with zero attached hydrogens (tertiary/aromatic N) is 18. The fraction of sp³-hybridized carbons (Fsp3) is 0.263. The lowest BCUT2D eigenvalue weighted by Crippen LogP contribution is -2.31. The average Bonchev–Trinajstić information content (AvgIpc) is 4.39. The molecule has 20 nitrogen and oxygen atoms in total. The fourth-order valence-corrected chi connectivity index (χ4v) is 9.38. The third kappa shape index (κ3) is 19.6. The van der Waals surface area contributed by atoms with Gasteiger partial charge in [0.05, 0.1) is 33.3 Å². The van der Waals surface area contributed by atoms with Gasteiger partial charge in [-0.25, -0.2) is 37.4 Å². The summed E-state index contributed by atoms with van der Waals surface area (Å²) in [5.74, 6) is 1.12. The number of rotatable bonds is 15. The highest BCUT2D eigenvalue weighted by Crippen LogP contribution is 2.22. The minimum absolute atomic E-state index is 0.559. The zero-order valence-corrected chi connectivity index (χ0v) is 49.4. The predicted molar refractivity (Wildman–Crippen MR) is 310 cm³/mol. The summed E-state index contributed by atoms with van der Waals surface area (Å²) in [4.78, 5) is 18.5. The van der Waals surface area contributed by atoms with Gasteiger partial charge in [0.25, 0.3) is 11.8 Å². The van der Waals surface area contributed by atoms with Crippen molar-refractivity contribution >= 4 is 46.1 Å². The standard InChI is InChI=1S/C10H12N3O.2C10H12N3S.C9H10N3O.2C9H10N3S/c2*1-2-5-13-6-3-9(4-7-13)10-11-8-12-14-10;1-2-5-13-6-3-9(4-7-13)10-8-11-12-14-10;2*1-2-12-5-3-8(4-6-12)9-10-7-11-13-9;1-2-12-5-3-8(4-6-12)9-7-10-11-13-9/h3*3-4,6-8H,2,5H2,1H3;3*3-7H,2H2,1H3/q6*+1. The van der Waals surface area contributed by atoms with Crippen LogP contribution in [0.25, 0.3) is 64.9 Å². The molecule has 0 aromatic carbocycles. The Kier molecular flexibility index (Phi) is 25.0. The second-order valence-electron chi connectivity index (χ2n) is 17.3. The summed E-state index contributed by atoms with van der Waals surface area (Å²) in [5.41, 5.74) is 6.54. The Labute approximate surface area is 487 Å². The van der Waals surface area contributed by atoms with E-state index in [0.29, 0.717) is 11.8 Å². The summed E-state index contributed by atoms with van der Waals surface area (Å²) in [6.45, 7) is 19.0. The van der Waals surface area contributed by atoms with Gasteiger partial charge in [0, 0.05) is 114 Å². The minimum atomic E-state index is 0.559. The molecule has 0 saturated carbocycles. The summed E-state index contributed by atoms with van der Waals surface area (Å²) < 4.78 is 38.3. The van der Waals surface area contributed by atoms with Gasteiger partial charge in [0.15, 0.2) is 87.0 Å². The fourth-order valence-electron chi connectivity index (χ4n) is 7.29. The normalized spacial score (nSPS) is 10.3. The molecule has 12 aromatic rings. The molecule has 0 fully saturated rings. The van der Waals surface area contributed by atoms with Gasteiger partial charge in [-0.3, -0.25) is 0 Å². The lowest BCUT2D eigenvalue weighted by molar-refractivity contribution is -0.697. The van der Waals surface area contributed by atoms with Crippen molar-refractivity contribution in [1.29, 1.82) is 0 Å². The molecule has 12 heterocycles. The van der Waals surface area contributed by atoms with E-state index >= 15 is 0 Å². The molecule has 414 valence electrons. The van der Waals surface area contributed by atoms with Crippen LogP contribution in [-0.4, -0.2) is 58.2 Å². The molecule has 81 heavy (non-hydrogen) atoms. The van der Waals surface area contributed by atoms with Gasteiger partial charge in [0.1, 0.15) is 61.9 Å². The molecule has 0 aliphatic rings. The van der Waals surface area contributed by atoms with Gasteiger partial charge in [-0.1, -0.05) is 40.1 Å². The maximum Gasteiger partial charge on any atom is 0.258 e. The molecule has 0 unspecified atom stereocenters. The van der Waals surface area contributed by atoms with Gasteiger partial charge in [0.2, 0.25) is 0 Å². The Balaban J connectivity index is 0.000000140. The molecule has 12 aromatic heterocycles. The summed E-state index contributed by atoms with van der Waals surface area (Å²) in [6, 6.07) is 24.5. The third-order valence-electron chi connectivity index (χ3n) is 11.6. The molecule has 0 bridgehead atoms. The van der Waals surface area contributed by atoms with E-state index in [4.69, 9.17) is 9.05 Å². The van der Waals surface area contributed by atoms with E-state index in [0.717, 1.165) is 101 Å². The van der Waals surface area contributed by atoms with E-state index < -0.39 is 0 Å². The topological polar surface area (TPSA) is 204 Å². The van der Waals surface area contributed by atoms with E-state index in [2.05, 4.69) is 225 Å². The van der Waals surface area contributed by atoms with Crippen LogP contribution in [0.3, 0.4) is 0 Å². The van der Waals surface area contributed by atoms with Crippen molar-refractivity contribution in [3.63, 3.8) is 0 Å². The van der Waals surface area contributed by atoms with Crippen LogP contribution < -0.4 is 27.4 Å². The Morgan fingerprint density at radius 1 is 0.346 bits per heavy atom. The highest BCUT2D eigenvalue weighted by molar-refractivity contribution is 7.10. The number of aryl methyl sites for hydroxylation is 6. The quantitative estimate of drug-likeness (QED) is 0.0878. The second-order valence-corrected chi connectivity index (χ2v) is 20.4. The van der Waals surface area contributed by atoms with Crippen LogP contribution in [0.4, 0.5) is 0 Å². The smallest absolute Gasteiger partial charge is 0.258 e. The molecule has 24 heteroatoms. The van der Waals surface area contributed by atoms with Crippen molar-refractivity contribution < 1.29 is 36.4 Å². The summed E-state index contributed by atoms with van der Waals surface area (Å²) in [6.07, 6.45) is 37.6. The van der Waals surface area contributed by atoms with Gasteiger partial charge < -0.3 is 9.05 Å². The first-order chi connectivity index (χ1) is 39.9. The zero-order valence-electron chi connectivity index (χ0n) is 46.2. The Bertz CT molecular complexity index is 3090.